The van der Waals surface area contributed by atoms with Gasteiger partial charge in [-0.2, -0.15) is 0 Å². The number of fused-ring (bicyclic) bond motifs is 2. The lowest BCUT2D eigenvalue weighted by Crippen LogP contribution is -2.02. The molecule has 120 valence electrons. The molecular formula is C20H17NO2S. The van der Waals surface area contributed by atoms with Crippen molar-refractivity contribution >= 4 is 17.4 Å². The summed E-state index contributed by atoms with van der Waals surface area (Å²) in [6.07, 6.45) is 0. The second-order valence-corrected chi connectivity index (χ2v) is 6.56. The topological polar surface area (TPSA) is 30.5 Å². The van der Waals surface area contributed by atoms with Crippen molar-refractivity contribution < 1.29 is 9.47 Å². The molecule has 0 unspecified atom stereocenters. The molecule has 1 aliphatic rings. The molecule has 0 saturated carbocycles. The SMILES string of the molecule is COc1ccccc1CNc1ccc2c(c1)Oc1ccccc1S2. The first-order valence-corrected chi connectivity index (χ1v) is 8.60. The van der Waals surface area contributed by atoms with E-state index in [-0.39, 0.29) is 0 Å². The van der Waals surface area contributed by atoms with Crippen molar-refractivity contribution in [1.82, 2.24) is 0 Å². The summed E-state index contributed by atoms with van der Waals surface area (Å²) in [5.74, 6) is 2.70. The van der Waals surface area contributed by atoms with E-state index >= 15 is 0 Å². The zero-order valence-corrected chi connectivity index (χ0v) is 14.1. The highest BCUT2D eigenvalue weighted by molar-refractivity contribution is 7.99. The number of ether oxygens (including phenoxy) is 2. The van der Waals surface area contributed by atoms with Crippen LogP contribution in [0.15, 0.2) is 76.5 Å². The number of anilines is 1. The molecule has 0 fully saturated rings. The number of nitrogens with one attached hydrogen (secondary N) is 1. The smallest absolute Gasteiger partial charge is 0.143 e. The maximum atomic E-state index is 6.03. The van der Waals surface area contributed by atoms with Crippen molar-refractivity contribution in [2.45, 2.75) is 16.3 Å². The standard InChI is InChI=1S/C20H17NO2S/c1-22-16-7-3-2-6-14(16)13-21-15-10-11-20-18(12-15)23-17-8-4-5-9-19(17)24-20/h2-12,21H,13H2,1H3. The van der Waals surface area contributed by atoms with Crippen molar-refractivity contribution in [2.24, 2.45) is 0 Å². The van der Waals surface area contributed by atoms with Crippen molar-refractivity contribution in [1.29, 1.82) is 0 Å². The molecule has 1 heterocycles. The summed E-state index contributed by atoms with van der Waals surface area (Å²) in [7, 11) is 1.69. The van der Waals surface area contributed by atoms with Gasteiger partial charge in [0.2, 0.25) is 0 Å². The second kappa shape index (κ2) is 6.49. The van der Waals surface area contributed by atoms with Crippen LogP contribution in [-0.4, -0.2) is 7.11 Å². The second-order valence-electron chi connectivity index (χ2n) is 5.48. The summed E-state index contributed by atoms with van der Waals surface area (Å²) in [6, 6.07) is 22.4. The molecule has 1 aliphatic heterocycles. The van der Waals surface area contributed by atoms with Gasteiger partial charge in [0.1, 0.15) is 17.2 Å². The first-order valence-electron chi connectivity index (χ1n) is 7.78. The lowest BCUT2D eigenvalue weighted by molar-refractivity contribution is 0.410. The third-order valence-corrected chi connectivity index (χ3v) is 5.02. The third-order valence-electron chi connectivity index (χ3n) is 3.91. The lowest BCUT2D eigenvalue weighted by Gasteiger charge is -2.20. The van der Waals surface area contributed by atoms with E-state index in [9.17, 15) is 0 Å². The molecule has 24 heavy (non-hydrogen) atoms. The molecule has 0 spiro atoms. The van der Waals surface area contributed by atoms with Crippen LogP contribution in [0.5, 0.6) is 17.2 Å². The van der Waals surface area contributed by atoms with Gasteiger partial charge in [-0.15, -0.1) is 0 Å². The molecule has 0 bridgehead atoms. The van der Waals surface area contributed by atoms with Crippen LogP contribution in [0.25, 0.3) is 0 Å². The van der Waals surface area contributed by atoms with Crippen molar-refractivity contribution in [3.8, 4) is 17.2 Å². The fourth-order valence-electron chi connectivity index (χ4n) is 2.68. The number of hydrogen-bond donors (Lipinski definition) is 1. The van der Waals surface area contributed by atoms with Crippen LogP contribution in [-0.2, 0) is 6.54 Å². The summed E-state index contributed by atoms with van der Waals surface area (Å²) in [5.41, 5.74) is 2.15. The van der Waals surface area contributed by atoms with Gasteiger partial charge in [-0.25, -0.2) is 0 Å². The molecule has 4 rings (SSSR count). The predicted molar refractivity (Wildman–Crippen MR) is 97.4 cm³/mol. The van der Waals surface area contributed by atoms with E-state index in [0.717, 1.165) is 38.3 Å². The first kappa shape index (κ1) is 15.0. The zero-order valence-electron chi connectivity index (χ0n) is 13.3. The molecule has 0 aromatic heterocycles. The van der Waals surface area contributed by atoms with Crippen molar-refractivity contribution in [3.05, 3.63) is 72.3 Å². The third kappa shape index (κ3) is 2.93. The number of hydrogen-bond acceptors (Lipinski definition) is 4. The van der Waals surface area contributed by atoms with E-state index in [1.165, 1.54) is 0 Å². The average molecular weight is 335 g/mol. The fraction of sp³-hybridized carbons (Fsp3) is 0.100. The van der Waals surface area contributed by atoms with Crippen LogP contribution in [0.1, 0.15) is 5.56 Å². The molecular weight excluding hydrogens is 318 g/mol. The van der Waals surface area contributed by atoms with Crippen LogP contribution in [0.2, 0.25) is 0 Å². The van der Waals surface area contributed by atoms with Crippen LogP contribution in [0.4, 0.5) is 5.69 Å². The van der Waals surface area contributed by atoms with E-state index in [2.05, 4.69) is 29.6 Å². The predicted octanol–water partition coefficient (Wildman–Crippen LogP) is 5.56. The van der Waals surface area contributed by atoms with Gasteiger partial charge in [-0.3, -0.25) is 0 Å². The van der Waals surface area contributed by atoms with E-state index in [1.54, 1.807) is 18.9 Å². The minimum Gasteiger partial charge on any atom is -0.496 e. The molecule has 0 radical (unpaired) electrons. The van der Waals surface area contributed by atoms with Crippen LogP contribution in [0.3, 0.4) is 0 Å². The Morgan fingerprint density at radius 1 is 0.917 bits per heavy atom. The van der Waals surface area contributed by atoms with Gasteiger partial charge in [-0.1, -0.05) is 42.1 Å². The van der Waals surface area contributed by atoms with E-state index in [1.807, 2.05) is 42.5 Å². The Labute approximate surface area is 145 Å². The van der Waals surface area contributed by atoms with Gasteiger partial charge in [0.15, 0.2) is 0 Å². The Morgan fingerprint density at radius 2 is 1.71 bits per heavy atom. The van der Waals surface area contributed by atoms with E-state index in [0.29, 0.717) is 6.54 Å². The molecule has 4 heteroatoms. The number of rotatable bonds is 4. The fourth-order valence-corrected chi connectivity index (χ4v) is 3.62. The quantitative estimate of drug-likeness (QED) is 0.528. The summed E-state index contributed by atoms with van der Waals surface area (Å²) in [6.45, 7) is 0.701. The maximum Gasteiger partial charge on any atom is 0.143 e. The number of para-hydroxylation sites is 2. The maximum absolute atomic E-state index is 6.03. The van der Waals surface area contributed by atoms with Crippen LogP contribution >= 0.6 is 11.8 Å². The molecule has 0 amide bonds. The molecule has 1 N–H and O–H groups in total. The van der Waals surface area contributed by atoms with Crippen molar-refractivity contribution in [2.75, 3.05) is 12.4 Å². The highest BCUT2D eigenvalue weighted by atomic mass is 32.2. The van der Waals surface area contributed by atoms with Gasteiger partial charge < -0.3 is 14.8 Å². The van der Waals surface area contributed by atoms with Crippen LogP contribution < -0.4 is 14.8 Å². The zero-order chi connectivity index (χ0) is 16.4. The van der Waals surface area contributed by atoms with Crippen molar-refractivity contribution in [3.63, 3.8) is 0 Å². The minimum absolute atomic E-state index is 0.701. The summed E-state index contributed by atoms with van der Waals surface area (Å²) in [5, 5.41) is 3.44. The molecule has 3 aromatic carbocycles. The Balaban J connectivity index is 1.52. The normalized spacial score (nSPS) is 11.9. The number of methoxy groups -OCH3 is 1. The Bertz CT molecular complexity index is 879. The molecule has 3 aromatic rings. The Kier molecular flexibility index (Phi) is 4.05. The lowest BCUT2D eigenvalue weighted by atomic mass is 10.2. The minimum atomic E-state index is 0.701. The van der Waals surface area contributed by atoms with Gasteiger partial charge in [0.05, 0.1) is 16.9 Å². The van der Waals surface area contributed by atoms with Gasteiger partial charge >= 0.3 is 0 Å². The van der Waals surface area contributed by atoms with E-state index in [4.69, 9.17) is 9.47 Å². The van der Waals surface area contributed by atoms with Crippen LogP contribution in [0, 0.1) is 0 Å². The molecule has 3 nitrogen and oxygen atoms in total. The Hall–Kier alpha value is -2.59. The van der Waals surface area contributed by atoms with E-state index < -0.39 is 0 Å². The summed E-state index contributed by atoms with van der Waals surface area (Å²) in [4.78, 5) is 2.29. The Morgan fingerprint density at radius 3 is 2.62 bits per heavy atom. The molecule has 0 atom stereocenters. The average Bonchev–Trinajstić information content (AvgIpc) is 2.64. The summed E-state index contributed by atoms with van der Waals surface area (Å²) < 4.78 is 11.4. The van der Waals surface area contributed by atoms with Gasteiger partial charge in [0.25, 0.3) is 0 Å². The van der Waals surface area contributed by atoms with Gasteiger partial charge in [0, 0.05) is 23.9 Å². The highest BCUT2D eigenvalue weighted by Gasteiger charge is 2.17. The monoisotopic (exact) mass is 335 g/mol. The molecule has 0 saturated heterocycles. The van der Waals surface area contributed by atoms with Gasteiger partial charge in [-0.05, 0) is 30.3 Å². The highest BCUT2D eigenvalue weighted by Crippen LogP contribution is 2.47. The molecule has 0 aliphatic carbocycles. The number of benzene rings is 3. The first-order chi connectivity index (χ1) is 11.8. The largest absolute Gasteiger partial charge is 0.496 e. The summed E-state index contributed by atoms with van der Waals surface area (Å²) >= 11 is 1.74.